The van der Waals surface area contributed by atoms with Crippen LogP contribution in [-0.4, -0.2) is 66.9 Å². The fraction of sp³-hybridized carbons (Fsp3) is 0.458. The first-order valence-corrected chi connectivity index (χ1v) is 13.2. The number of anilines is 1. The summed E-state index contributed by atoms with van der Waals surface area (Å²) in [4.78, 5) is 39.2. The summed E-state index contributed by atoms with van der Waals surface area (Å²) in [6, 6.07) is 3.41. The zero-order chi connectivity index (χ0) is 27.3. The van der Waals surface area contributed by atoms with Crippen LogP contribution in [0.5, 0.6) is 5.75 Å². The highest BCUT2D eigenvalue weighted by atomic mass is 32.2. The van der Waals surface area contributed by atoms with E-state index in [0.717, 1.165) is 0 Å². The normalized spacial score (nSPS) is 20.6. The number of halogens is 1. The number of benzene rings is 1. The van der Waals surface area contributed by atoms with E-state index in [-0.39, 0.29) is 36.0 Å². The molecular weight excluding hydrogens is 505 g/mol. The van der Waals surface area contributed by atoms with Crippen molar-refractivity contribution in [3.05, 3.63) is 41.5 Å². The number of amides is 3. The molecule has 2 aliphatic heterocycles. The minimum absolute atomic E-state index is 0.00306. The molecule has 2 aliphatic rings. The lowest BCUT2D eigenvalue weighted by Gasteiger charge is -2.23. The van der Waals surface area contributed by atoms with Gasteiger partial charge in [0.2, 0.25) is 10.0 Å². The molecule has 2 aromatic rings. The maximum Gasteiger partial charge on any atom is 0.311 e. The van der Waals surface area contributed by atoms with Crippen LogP contribution in [0.15, 0.2) is 29.3 Å². The lowest BCUT2D eigenvalue weighted by Crippen LogP contribution is -2.49. The number of rotatable bonds is 2. The molecule has 1 aromatic carbocycles. The van der Waals surface area contributed by atoms with E-state index in [9.17, 15) is 27.2 Å². The van der Waals surface area contributed by atoms with Crippen LogP contribution in [-0.2, 0) is 26.7 Å². The first kappa shape index (κ1) is 26.6. The van der Waals surface area contributed by atoms with Crippen LogP contribution in [0.4, 0.5) is 10.1 Å². The molecule has 0 saturated carbocycles. The molecule has 0 aliphatic carbocycles. The quantitative estimate of drug-likeness (QED) is 0.493. The summed E-state index contributed by atoms with van der Waals surface area (Å²) in [5.74, 6) is -3.16. The number of sulfonamides is 1. The highest BCUT2D eigenvalue weighted by Gasteiger charge is 2.43. The maximum absolute atomic E-state index is 13.6. The van der Waals surface area contributed by atoms with Gasteiger partial charge in [-0.2, -0.15) is 0 Å². The standard InChI is InChI=1S/C24H30FN5O6S/c1-13-8-15(6-7-16(13)25)26-21(31)19-20-18(11-29(19)5)37(34,35)28-17-10-30(9-14(17)12-36-20)23(33)22(32)27-24(2,3)4/h6-8,11,14,17,28H,9-10,12H2,1-5H3,(H,26,31)(H,27,32)/t14-,17-/m0/s1. The van der Waals surface area contributed by atoms with Gasteiger partial charge in [0.05, 0.1) is 6.61 Å². The number of ether oxygens (including phenoxy) is 1. The van der Waals surface area contributed by atoms with Crippen LogP contribution in [0.1, 0.15) is 36.8 Å². The molecule has 200 valence electrons. The Morgan fingerprint density at radius 1 is 1.19 bits per heavy atom. The van der Waals surface area contributed by atoms with Crippen molar-refractivity contribution >= 4 is 33.4 Å². The van der Waals surface area contributed by atoms with Crippen LogP contribution in [0, 0.1) is 18.7 Å². The van der Waals surface area contributed by atoms with Gasteiger partial charge in [-0.25, -0.2) is 17.5 Å². The van der Waals surface area contributed by atoms with E-state index in [0.29, 0.717) is 11.3 Å². The molecule has 3 N–H and O–H groups in total. The third-order valence-electron chi connectivity index (χ3n) is 6.18. The zero-order valence-electron chi connectivity index (χ0n) is 21.2. The van der Waals surface area contributed by atoms with Crippen molar-refractivity contribution in [3.8, 4) is 5.75 Å². The molecule has 1 fully saturated rings. The summed E-state index contributed by atoms with van der Waals surface area (Å²) in [7, 11) is -2.62. The molecule has 0 spiro atoms. The Hall–Kier alpha value is -3.45. The van der Waals surface area contributed by atoms with Crippen molar-refractivity contribution in [1.29, 1.82) is 0 Å². The summed E-state index contributed by atoms with van der Waals surface area (Å²) in [5.41, 5.74) is 0.0383. The van der Waals surface area contributed by atoms with Gasteiger partial charge in [0.1, 0.15) is 10.7 Å². The van der Waals surface area contributed by atoms with E-state index in [1.807, 2.05) is 0 Å². The molecule has 11 nitrogen and oxygen atoms in total. The molecule has 3 heterocycles. The molecule has 0 radical (unpaired) electrons. The Labute approximate surface area is 214 Å². The summed E-state index contributed by atoms with van der Waals surface area (Å²) >= 11 is 0. The molecular formula is C24H30FN5O6S. The fourth-order valence-electron chi connectivity index (χ4n) is 4.41. The Kier molecular flexibility index (Phi) is 6.80. The Morgan fingerprint density at radius 3 is 2.54 bits per heavy atom. The highest BCUT2D eigenvalue weighted by Crippen LogP contribution is 2.34. The topological polar surface area (TPSA) is 139 Å². The molecule has 0 unspecified atom stereocenters. The van der Waals surface area contributed by atoms with Crippen molar-refractivity contribution < 1.29 is 31.9 Å². The van der Waals surface area contributed by atoms with Crippen LogP contribution in [0.3, 0.4) is 0 Å². The number of nitrogens with one attached hydrogen (secondary N) is 3. The van der Waals surface area contributed by atoms with E-state index in [1.54, 1.807) is 27.7 Å². The molecule has 2 atom stereocenters. The highest BCUT2D eigenvalue weighted by molar-refractivity contribution is 7.89. The summed E-state index contributed by atoms with van der Waals surface area (Å²) in [5, 5.41) is 5.26. The average Bonchev–Trinajstić information content (AvgIpc) is 3.32. The monoisotopic (exact) mass is 535 g/mol. The van der Waals surface area contributed by atoms with E-state index in [2.05, 4.69) is 15.4 Å². The van der Waals surface area contributed by atoms with Crippen molar-refractivity contribution in [2.24, 2.45) is 13.0 Å². The third-order valence-corrected chi connectivity index (χ3v) is 7.67. The first-order valence-electron chi connectivity index (χ1n) is 11.7. The van der Waals surface area contributed by atoms with Gasteiger partial charge in [-0.1, -0.05) is 0 Å². The van der Waals surface area contributed by atoms with E-state index in [1.165, 1.54) is 40.9 Å². The number of aromatic nitrogens is 1. The molecule has 37 heavy (non-hydrogen) atoms. The number of hydrogen-bond acceptors (Lipinski definition) is 6. The van der Waals surface area contributed by atoms with E-state index >= 15 is 0 Å². The Bertz CT molecular complexity index is 1380. The molecule has 13 heteroatoms. The Morgan fingerprint density at radius 2 is 1.89 bits per heavy atom. The second-order valence-corrected chi connectivity index (χ2v) is 12.1. The third kappa shape index (κ3) is 5.47. The van der Waals surface area contributed by atoms with Gasteiger partial charge >= 0.3 is 11.8 Å². The fourth-order valence-corrected chi connectivity index (χ4v) is 5.90. The SMILES string of the molecule is Cc1cc(NC(=O)c2c3c(cn2C)S(=O)(=O)N[C@H]2CN(C(=O)C(=O)NC(C)(C)C)C[C@H]2CO3)ccc1F. The number of carbonyl (C=O) groups excluding carboxylic acids is 3. The van der Waals surface area contributed by atoms with Gasteiger partial charge in [0.25, 0.3) is 5.91 Å². The summed E-state index contributed by atoms with van der Waals surface area (Å²) < 4.78 is 50.0. The van der Waals surface area contributed by atoms with Gasteiger partial charge in [-0.3, -0.25) is 14.4 Å². The minimum Gasteiger partial charge on any atom is -0.489 e. The van der Waals surface area contributed by atoms with Gasteiger partial charge in [-0.05, 0) is 51.5 Å². The lowest BCUT2D eigenvalue weighted by molar-refractivity contribution is -0.146. The lowest BCUT2D eigenvalue weighted by atomic mass is 10.1. The van der Waals surface area contributed by atoms with E-state index < -0.39 is 51.1 Å². The van der Waals surface area contributed by atoms with Gasteiger partial charge < -0.3 is 24.8 Å². The van der Waals surface area contributed by atoms with Crippen molar-refractivity contribution in [1.82, 2.24) is 19.5 Å². The van der Waals surface area contributed by atoms with Crippen LogP contribution in [0.25, 0.3) is 0 Å². The Balaban J connectivity index is 1.57. The zero-order valence-corrected chi connectivity index (χ0v) is 22.0. The second-order valence-electron chi connectivity index (χ2n) is 10.4. The van der Waals surface area contributed by atoms with Crippen molar-refractivity contribution in [3.63, 3.8) is 0 Å². The largest absolute Gasteiger partial charge is 0.489 e. The number of nitrogens with zero attached hydrogens (tertiary/aromatic N) is 2. The van der Waals surface area contributed by atoms with Crippen molar-refractivity contribution in [2.75, 3.05) is 25.0 Å². The van der Waals surface area contributed by atoms with Gasteiger partial charge in [0, 0.05) is 49.5 Å². The molecule has 3 amide bonds. The molecule has 0 bridgehead atoms. The number of aryl methyl sites for hydroxylation is 2. The van der Waals surface area contributed by atoms with Crippen LogP contribution < -0.4 is 20.1 Å². The molecule has 1 aromatic heterocycles. The number of hydrogen-bond donors (Lipinski definition) is 3. The average molecular weight is 536 g/mol. The maximum atomic E-state index is 13.6. The molecule has 4 rings (SSSR count). The summed E-state index contributed by atoms with van der Waals surface area (Å²) in [6.07, 6.45) is 1.28. The molecule has 1 saturated heterocycles. The van der Waals surface area contributed by atoms with E-state index in [4.69, 9.17) is 4.74 Å². The summed E-state index contributed by atoms with van der Waals surface area (Å²) in [6.45, 7) is 6.92. The first-order chi connectivity index (χ1) is 17.2. The van der Waals surface area contributed by atoms with Gasteiger partial charge in [0.15, 0.2) is 11.4 Å². The van der Waals surface area contributed by atoms with Gasteiger partial charge in [-0.15, -0.1) is 0 Å². The number of likely N-dealkylation sites (tertiary alicyclic amines) is 1. The number of carbonyl (C=O) groups is 3. The second kappa shape index (κ2) is 9.45. The predicted octanol–water partition coefficient (Wildman–Crippen LogP) is 1.14. The van der Waals surface area contributed by atoms with Crippen LogP contribution >= 0.6 is 0 Å². The smallest absolute Gasteiger partial charge is 0.311 e. The minimum atomic E-state index is -4.14. The predicted molar refractivity (Wildman–Crippen MR) is 132 cm³/mol. The number of fused-ring (bicyclic) bond motifs is 2. The van der Waals surface area contributed by atoms with Crippen LogP contribution in [0.2, 0.25) is 0 Å². The van der Waals surface area contributed by atoms with Crippen molar-refractivity contribution in [2.45, 2.75) is 44.2 Å².